The van der Waals surface area contributed by atoms with Crippen LogP contribution in [0.5, 0.6) is 0 Å². The van der Waals surface area contributed by atoms with E-state index in [9.17, 15) is 17.7 Å². The zero-order chi connectivity index (χ0) is 11.4. The molecule has 0 spiro atoms. The number of alkyl halides is 3. The van der Waals surface area contributed by atoms with Gasteiger partial charge in [-0.2, -0.15) is 0 Å². The summed E-state index contributed by atoms with van der Waals surface area (Å²) < 4.78 is 50.6. The Balaban J connectivity index is 4.36. The highest BCUT2D eigenvalue weighted by molar-refractivity contribution is 7.46. The van der Waals surface area contributed by atoms with Crippen molar-refractivity contribution in [2.75, 3.05) is 0 Å². The SMILES string of the molecule is CCCC(OP(=O)(O)O)C(F)C(F)F. The maximum absolute atomic E-state index is 12.7. The Hall–Kier alpha value is -0.100. The van der Waals surface area contributed by atoms with Crippen molar-refractivity contribution in [3.05, 3.63) is 0 Å². The minimum Gasteiger partial charge on any atom is -0.303 e. The highest BCUT2D eigenvalue weighted by atomic mass is 31.2. The third kappa shape index (κ3) is 5.59. The van der Waals surface area contributed by atoms with Crippen LogP contribution in [0.4, 0.5) is 13.2 Å². The first-order chi connectivity index (χ1) is 6.28. The Bertz CT molecular complexity index is 207. The van der Waals surface area contributed by atoms with E-state index in [-0.39, 0.29) is 12.8 Å². The third-order valence-electron chi connectivity index (χ3n) is 1.44. The Morgan fingerprint density at radius 1 is 1.36 bits per heavy atom. The van der Waals surface area contributed by atoms with E-state index in [0.29, 0.717) is 0 Å². The van der Waals surface area contributed by atoms with Gasteiger partial charge in [0.1, 0.15) is 6.10 Å². The van der Waals surface area contributed by atoms with Gasteiger partial charge in [0, 0.05) is 0 Å². The first kappa shape index (κ1) is 13.9. The molecule has 0 rings (SSSR count). The first-order valence-corrected chi connectivity index (χ1v) is 5.47. The molecule has 0 aromatic heterocycles. The molecule has 0 bridgehead atoms. The van der Waals surface area contributed by atoms with Crippen LogP contribution in [0.2, 0.25) is 0 Å². The van der Waals surface area contributed by atoms with E-state index in [0.717, 1.165) is 0 Å². The molecule has 0 aliphatic rings. The number of phosphoric ester groups is 1. The lowest BCUT2D eigenvalue weighted by molar-refractivity contribution is -0.0304. The molecule has 0 amide bonds. The average molecular weight is 236 g/mol. The van der Waals surface area contributed by atoms with E-state index in [2.05, 4.69) is 4.52 Å². The van der Waals surface area contributed by atoms with E-state index in [4.69, 9.17) is 9.79 Å². The van der Waals surface area contributed by atoms with Gasteiger partial charge in [0.05, 0.1) is 0 Å². The van der Waals surface area contributed by atoms with Crippen molar-refractivity contribution in [1.29, 1.82) is 0 Å². The van der Waals surface area contributed by atoms with Gasteiger partial charge in [0.2, 0.25) is 0 Å². The number of rotatable bonds is 6. The number of halogens is 3. The maximum atomic E-state index is 12.7. The number of hydrogen-bond acceptors (Lipinski definition) is 2. The molecular formula is C6H12F3O4P. The molecule has 86 valence electrons. The van der Waals surface area contributed by atoms with E-state index < -0.39 is 26.5 Å². The monoisotopic (exact) mass is 236 g/mol. The van der Waals surface area contributed by atoms with E-state index in [1.165, 1.54) is 0 Å². The normalized spacial score (nSPS) is 17.1. The van der Waals surface area contributed by atoms with Crippen LogP contribution in [0.3, 0.4) is 0 Å². The summed E-state index contributed by atoms with van der Waals surface area (Å²) in [7, 11) is -4.92. The Morgan fingerprint density at radius 3 is 2.14 bits per heavy atom. The van der Waals surface area contributed by atoms with Gasteiger partial charge >= 0.3 is 7.82 Å². The topological polar surface area (TPSA) is 66.8 Å². The second-order valence-electron chi connectivity index (χ2n) is 2.70. The molecule has 0 fully saturated rings. The highest BCUT2D eigenvalue weighted by Crippen LogP contribution is 2.40. The van der Waals surface area contributed by atoms with Crippen LogP contribution in [0.15, 0.2) is 0 Å². The summed E-state index contributed by atoms with van der Waals surface area (Å²) in [6, 6.07) is 0. The summed E-state index contributed by atoms with van der Waals surface area (Å²) in [6.07, 6.45) is -7.63. The molecule has 8 heteroatoms. The largest absolute Gasteiger partial charge is 0.469 e. The van der Waals surface area contributed by atoms with Crippen molar-refractivity contribution in [1.82, 2.24) is 0 Å². The summed E-state index contributed by atoms with van der Waals surface area (Å²) in [6.45, 7) is 1.56. The molecule has 0 aliphatic heterocycles. The lowest BCUT2D eigenvalue weighted by Gasteiger charge is -2.20. The van der Waals surface area contributed by atoms with Crippen molar-refractivity contribution in [2.24, 2.45) is 0 Å². The van der Waals surface area contributed by atoms with Crippen LogP contribution >= 0.6 is 7.82 Å². The minimum absolute atomic E-state index is 0.170. The van der Waals surface area contributed by atoms with Crippen LogP contribution in [0.25, 0.3) is 0 Å². The summed E-state index contributed by atoms with van der Waals surface area (Å²) in [5, 5.41) is 0. The molecular weight excluding hydrogens is 224 g/mol. The van der Waals surface area contributed by atoms with Crippen molar-refractivity contribution in [3.63, 3.8) is 0 Å². The van der Waals surface area contributed by atoms with Crippen molar-refractivity contribution >= 4 is 7.82 Å². The average Bonchev–Trinajstić information content (AvgIpc) is 1.99. The minimum atomic E-state index is -4.92. The molecule has 0 heterocycles. The van der Waals surface area contributed by atoms with Gasteiger partial charge in [-0.15, -0.1) is 0 Å². The van der Waals surface area contributed by atoms with Gasteiger partial charge in [0.25, 0.3) is 6.43 Å². The highest BCUT2D eigenvalue weighted by Gasteiger charge is 2.34. The summed E-state index contributed by atoms with van der Waals surface area (Å²) in [5.41, 5.74) is 0. The zero-order valence-electron chi connectivity index (χ0n) is 7.44. The molecule has 2 N–H and O–H groups in total. The van der Waals surface area contributed by atoms with Gasteiger partial charge < -0.3 is 9.79 Å². The molecule has 0 saturated carbocycles. The Labute approximate surface area is 79.3 Å². The predicted molar refractivity (Wildman–Crippen MR) is 42.7 cm³/mol. The zero-order valence-corrected chi connectivity index (χ0v) is 8.33. The fraction of sp³-hybridized carbons (Fsp3) is 1.00. The van der Waals surface area contributed by atoms with Crippen LogP contribution in [-0.4, -0.2) is 28.5 Å². The maximum Gasteiger partial charge on any atom is 0.469 e. The lowest BCUT2D eigenvalue weighted by Crippen LogP contribution is -2.30. The van der Waals surface area contributed by atoms with Crippen molar-refractivity contribution in [2.45, 2.75) is 38.5 Å². The van der Waals surface area contributed by atoms with Gasteiger partial charge in [-0.3, -0.25) is 4.52 Å². The molecule has 0 radical (unpaired) electrons. The molecule has 0 aliphatic carbocycles. The van der Waals surface area contributed by atoms with E-state index in [1.807, 2.05) is 0 Å². The number of phosphoric acid groups is 1. The van der Waals surface area contributed by atoms with Crippen LogP contribution < -0.4 is 0 Å². The van der Waals surface area contributed by atoms with Crippen LogP contribution in [-0.2, 0) is 9.09 Å². The fourth-order valence-corrected chi connectivity index (χ4v) is 1.47. The molecule has 4 nitrogen and oxygen atoms in total. The smallest absolute Gasteiger partial charge is 0.303 e. The summed E-state index contributed by atoms with van der Waals surface area (Å²) >= 11 is 0. The van der Waals surface area contributed by atoms with E-state index >= 15 is 0 Å². The number of hydrogen-bond donors (Lipinski definition) is 2. The Morgan fingerprint density at radius 2 is 1.86 bits per heavy atom. The first-order valence-electron chi connectivity index (χ1n) is 3.94. The summed E-state index contributed by atoms with van der Waals surface area (Å²) in [5.74, 6) is 0. The fourth-order valence-electron chi connectivity index (χ4n) is 0.893. The van der Waals surface area contributed by atoms with Crippen LogP contribution in [0.1, 0.15) is 19.8 Å². The predicted octanol–water partition coefficient (Wildman–Crippen LogP) is 1.87. The molecule has 0 aromatic rings. The quantitative estimate of drug-likeness (QED) is 0.691. The van der Waals surface area contributed by atoms with Gasteiger partial charge in [-0.05, 0) is 6.42 Å². The van der Waals surface area contributed by atoms with Gasteiger partial charge in [-0.25, -0.2) is 17.7 Å². The second-order valence-corrected chi connectivity index (χ2v) is 3.89. The third-order valence-corrected chi connectivity index (χ3v) is 1.99. The lowest BCUT2D eigenvalue weighted by atomic mass is 10.1. The van der Waals surface area contributed by atoms with E-state index in [1.54, 1.807) is 6.92 Å². The molecule has 0 saturated heterocycles. The van der Waals surface area contributed by atoms with Crippen LogP contribution in [0, 0.1) is 0 Å². The Kier molecular flexibility index (Phi) is 5.66. The molecule has 0 aromatic carbocycles. The van der Waals surface area contributed by atoms with Crippen molar-refractivity contribution in [3.8, 4) is 0 Å². The summed E-state index contributed by atoms with van der Waals surface area (Å²) in [4.78, 5) is 16.6. The standard InChI is InChI=1S/C6H12F3O4P/c1-2-3-4(5(7)6(8)9)13-14(10,11)12/h4-6H,2-3H2,1H3,(H2,10,11,12). The van der Waals surface area contributed by atoms with Gasteiger partial charge in [0.15, 0.2) is 6.17 Å². The van der Waals surface area contributed by atoms with Gasteiger partial charge in [-0.1, -0.05) is 13.3 Å². The molecule has 2 atom stereocenters. The molecule has 14 heavy (non-hydrogen) atoms. The van der Waals surface area contributed by atoms with Crippen molar-refractivity contribution < 1.29 is 32.0 Å². The molecule has 2 unspecified atom stereocenters. The second kappa shape index (κ2) is 5.70.